The Kier molecular flexibility index (Phi) is 2.00. The molecule has 0 aliphatic carbocycles. The van der Waals surface area contributed by atoms with Crippen LogP contribution < -0.4 is 10.5 Å². The highest BCUT2D eigenvalue weighted by molar-refractivity contribution is 5.46. The summed E-state index contributed by atoms with van der Waals surface area (Å²) in [5.74, 6) is 0.627. The number of nitrogen functional groups attached to an aromatic ring is 1. The van der Waals surface area contributed by atoms with E-state index in [1.165, 1.54) is 0 Å². The molecule has 1 heterocycles. The first kappa shape index (κ1) is 8.90. The van der Waals surface area contributed by atoms with Crippen molar-refractivity contribution in [3.05, 3.63) is 6.20 Å². The summed E-state index contributed by atoms with van der Waals surface area (Å²) in [4.78, 5) is 0. The van der Waals surface area contributed by atoms with Gasteiger partial charge < -0.3 is 10.5 Å². The zero-order chi connectivity index (χ0) is 9.35. The molecule has 0 aliphatic heterocycles. The number of rotatable bonds is 1. The highest BCUT2D eigenvalue weighted by Gasteiger charge is 2.20. The van der Waals surface area contributed by atoms with Gasteiger partial charge in [0.2, 0.25) is 5.88 Å². The molecule has 0 atom stereocenters. The van der Waals surface area contributed by atoms with E-state index in [0.717, 1.165) is 0 Å². The lowest BCUT2D eigenvalue weighted by atomic mass is 10.1. The minimum absolute atomic E-state index is 0.0943. The van der Waals surface area contributed by atoms with Crippen molar-refractivity contribution >= 4 is 5.69 Å². The van der Waals surface area contributed by atoms with E-state index in [4.69, 9.17) is 10.5 Å². The van der Waals surface area contributed by atoms with Crippen molar-refractivity contribution in [2.24, 2.45) is 0 Å². The number of aromatic nitrogens is 2. The molecule has 4 nitrogen and oxygen atoms in total. The maximum atomic E-state index is 5.64. The van der Waals surface area contributed by atoms with Gasteiger partial charge in [0.1, 0.15) is 5.69 Å². The molecule has 12 heavy (non-hydrogen) atoms. The Hall–Kier alpha value is -1.19. The van der Waals surface area contributed by atoms with Crippen molar-refractivity contribution in [3.8, 4) is 5.88 Å². The van der Waals surface area contributed by atoms with E-state index in [1.54, 1.807) is 18.0 Å². The number of ether oxygens (including phenoxy) is 1. The molecule has 68 valence electrons. The molecule has 0 unspecified atom stereocenters. The average Bonchev–Trinajstić information content (AvgIpc) is 2.29. The maximum absolute atomic E-state index is 5.64. The van der Waals surface area contributed by atoms with Gasteiger partial charge in [0.05, 0.1) is 18.8 Å². The van der Waals surface area contributed by atoms with Gasteiger partial charge in [-0.15, -0.1) is 0 Å². The van der Waals surface area contributed by atoms with E-state index in [1.807, 2.05) is 20.8 Å². The molecule has 0 aromatic carbocycles. The Morgan fingerprint density at radius 1 is 1.50 bits per heavy atom. The third-order valence-electron chi connectivity index (χ3n) is 1.58. The van der Waals surface area contributed by atoms with Crippen LogP contribution in [0, 0.1) is 0 Å². The number of anilines is 1. The van der Waals surface area contributed by atoms with Crippen LogP contribution in [0.2, 0.25) is 0 Å². The van der Waals surface area contributed by atoms with Gasteiger partial charge in [0.15, 0.2) is 0 Å². The molecule has 0 bridgehead atoms. The first-order valence-corrected chi connectivity index (χ1v) is 3.85. The summed E-state index contributed by atoms with van der Waals surface area (Å²) in [6, 6.07) is 0. The second-order valence-corrected chi connectivity index (χ2v) is 3.69. The fourth-order valence-corrected chi connectivity index (χ4v) is 1.03. The minimum Gasteiger partial charge on any atom is -0.480 e. The van der Waals surface area contributed by atoms with Crippen LogP contribution in [0.1, 0.15) is 20.8 Å². The largest absolute Gasteiger partial charge is 0.480 e. The lowest BCUT2D eigenvalue weighted by Crippen LogP contribution is -2.23. The first-order chi connectivity index (χ1) is 5.46. The number of hydrogen-bond donors (Lipinski definition) is 1. The average molecular weight is 169 g/mol. The van der Waals surface area contributed by atoms with Crippen LogP contribution in [0.3, 0.4) is 0 Å². The van der Waals surface area contributed by atoms with Crippen molar-refractivity contribution in [1.29, 1.82) is 0 Å². The summed E-state index contributed by atoms with van der Waals surface area (Å²) in [5, 5.41) is 4.12. The predicted molar refractivity (Wildman–Crippen MR) is 48.2 cm³/mol. The summed E-state index contributed by atoms with van der Waals surface area (Å²) in [6.07, 6.45) is 1.60. The molecule has 4 heteroatoms. The Morgan fingerprint density at radius 2 is 2.08 bits per heavy atom. The Morgan fingerprint density at radius 3 is 2.42 bits per heavy atom. The summed E-state index contributed by atoms with van der Waals surface area (Å²) in [5.41, 5.74) is 6.12. The fourth-order valence-electron chi connectivity index (χ4n) is 1.03. The monoisotopic (exact) mass is 169 g/mol. The van der Waals surface area contributed by atoms with Crippen molar-refractivity contribution < 1.29 is 4.74 Å². The van der Waals surface area contributed by atoms with Gasteiger partial charge in [-0.25, -0.2) is 4.68 Å². The highest BCUT2D eigenvalue weighted by atomic mass is 16.5. The smallest absolute Gasteiger partial charge is 0.235 e. The van der Waals surface area contributed by atoms with E-state index in [-0.39, 0.29) is 5.54 Å². The lowest BCUT2D eigenvalue weighted by molar-refractivity contribution is 0.283. The Bertz CT molecular complexity index is 272. The van der Waals surface area contributed by atoms with Crippen LogP contribution in [0.25, 0.3) is 0 Å². The van der Waals surface area contributed by atoms with Gasteiger partial charge >= 0.3 is 0 Å². The lowest BCUT2D eigenvalue weighted by Gasteiger charge is -2.21. The fraction of sp³-hybridized carbons (Fsp3) is 0.625. The van der Waals surface area contributed by atoms with E-state index in [9.17, 15) is 0 Å². The zero-order valence-electron chi connectivity index (χ0n) is 7.96. The van der Waals surface area contributed by atoms with Crippen molar-refractivity contribution in [2.75, 3.05) is 12.8 Å². The number of nitrogens with two attached hydrogens (primary N) is 1. The van der Waals surface area contributed by atoms with Crippen LogP contribution in [-0.2, 0) is 5.54 Å². The molecular weight excluding hydrogens is 154 g/mol. The molecule has 0 spiro atoms. The zero-order valence-corrected chi connectivity index (χ0v) is 7.96. The Balaban J connectivity index is 3.16. The van der Waals surface area contributed by atoms with Gasteiger partial charge in [-0.1, -0.05) is 0 Å². The number of nitrogens with zero attached hydrogens (tertiary/aromatic N) is 2. The molecule has 2 N–H and O–H groups in total. The van der Waals surface area contributed by atoms with Gasteiger partial charge in [0, 0.05) is 0 Å². The topological polar surface area (TPSA) is 53.1 Å². The van der Waals surface area contributed by atoms with Crippen molar-refractivity contribution in [2.45, 2.75) is 26.3 Å². The molecular formula is C8H15N3O. The van der Waals surface area contributed by atoms with E-state index in [2.05, 4.69) is 5.10 Å². The van der Waals surface area contributed by atoms with Crippen LogP contribution in [0.5, 0.6) is 5.88 Å². The first-order valence-electron chi connectivity index (χ1n) is 3.85. The molecule has 0 saturated carbocycles. The minimum atomic E-state index is -0.0943. The van der Waals surface area contributed by atoms with E-state index in [0.29, 0.717) is 11.6 Å². The molecule has 0 saturated heterocycles. The third kappa shape index (κ3) is 1.37. The maximum Gasteiger partial charge on any atom is 0.235 e. The second kappa shape index (κ2) is 2.69. The number of methoxy groups -OCH3 is 1. The molecule has 1 aromatic rings. The van der Waals surface area contributed by atoms with E-state index < -0.39 is 0 Å². The van der Waals surface area contributed by atoms with Crippen molar-refractivity contribution in [3.63, 3.8) is 0 Å². The summed E-state index contributed by atoms with van der Waals surface area (Å²) < 4.78 is 6.88. The van der Waals surface area contributed by atoms with Crippen LogP contribution in [0.4, 0.5) is 5.69 Å². The quantitative estimate of drug-likeness (QED) is 0.688. The predicted octanol–water partition coefficient (Wildman–Crippen LogP) is 1.23. The standard InChI is InChI=1S/C8H15N3O/c1-8(2,3)11-7(12-4)6(9)5-10-11/h5H,9H2,1-4H3. The highest BCUT2D eigenvalue weighted by Crippen LogP contribution is 2.26. The van der Waals surface area contributed by atoms with Gasteiger partial charge in [-0.3, -0.25) is 0 Å². The molecule has 1 rings (SSSR count). The van der Waals surface area contributed by atoms with Gasteiger partial charge in [0.25, 0.3) is 0 Å². The molecule has 1 aromatic heterocycles. The van der Waals surface area contributed by atoms with E-state index >= 15 is 0 Å². The van der Waals surface area contributed by atoms with Gasteiger partial charge in [-0.05, 0) is 20.8 Å². The summed E-state index contributed by atoms with van der Waals surface area (Å²) in [6.45, 7) is 6.13. The molecule has 0 amide bonds. The van der Waals surface area contributed by atoms with Crippen molar-refractivity contribution in [1.82, 2.24) is 9.78 Å². The summed E-state index contributed by atoms with van der Waals surface area (Å²) in [7, 11) is 1.59. The summed E-state index contributed by atoms with van der Waals surface area (Å²) >= 11 is 0. The second-order valence-electron chi connectivity index (χ2n) is 3.69. The van der Waals surface area contributed by atoms with Crippen LogP contribution in [-0.4, -0.2) is 16.9 Å². The molecule has 0 fully saturated rings. The SMILES string of the molecule is COc1c(N)cnn1C(C)(C)C. The van der Waals surface area contributed by atoms with Crippen LogP contribution in [0.15, 0.2) is 6.20 Å². The molecule has 0 aliphatic rings. The Labute approximate surface area is 72.3 Å². The normalized spacial score (nSPS) is 11.7. The van der Waals surface area contributed by atoms with Crippen LogP contribution >= 0.6 is 0 Å². The molecule has 0 radical (unpaired) electrons. The third-order valence-corrected chi connectivity index (χ3v) is 1.58. The van der Waals surface area contributed by atoms with Gasteiger partial charge in [-0.2, -0.15) is 5.10 Å². The number of hydrogen-bond acceptors (Lipinski definition) is 3.